The highest BCUT2D eigenvalue weighted by atomic mass is 14.0. The number of rotatable bonds is 11. The first-order valence-electron chi connectivity index (χ1n) is 8.90. The molecule has 0 aromatic rings. The second-order valence-electron chi connectivity index (χ2n) is 6.76. The van der Waals surface area contributed by atoms with E-state index in [1.165, 1.54) is 37.5 Å². The molecule has 0 aromatic carbocycles. The van der Waals surface area contributed by atoms with Gasteiger partial charge in [0.2, 0.25) is 0 Å². The van der Waals surface area contributed by atoms with Crippen molar-refractivity contribution in [3.63, 3.8) is 0 Å². The third-order valence-corrected chi connectivity index (χ3v) is 3.43. The van der Waals surface area contributed by atoms with E-state index in [9.17, 15) is 0 Å². The van der Waals surface area contributed by atoms with Crippen molar-refractivity contribution in [2.24, 2.45) is 11.8 Å². The van der Waals surface area contributed by atoms with Gasteiger partial charge in [0.25, 0.3) is 0 Å². The van der Waals surface area contributed by atoms with Crippen molar-refractivity contribution in [2.45, 2.75) is 79.4 Å². The highest BCUT2D eigenvalue weighted by Crippen LogP contribution is 2.13. The van der Waals surface area contributed by atoms with Gasteiger partial charge in [0.1, 0.15) is 7.28 Å². The summed E-state index contributed by atoms with van der Waals surface area (Å²) >= 11 is 0. The zero-order valence-corrected chi connectivity index (χ0v) is 15.4. The van der Waals surface area contributed by atoms with E-state index in [0.717, 1.165) is 24.7 Å². The van der Waals surface area contributed by atoms with E-state index in [2.05, 4.69) is 64.7 Å². The van der Waals surface area contributed by atoms with E-state index in [1.54, 1.807) is 0 Å². The summed E-state index contributed by atoms with van der Waals surface area (Å²) in [5.41, 5.74) is 4.64. The maximum atomic E-state index is 3.33. The van der Waals surface area contributed by atoms with Crippen molar-refractivity contribution in [1.29, 1.82) is 0 Å². The molecule has 121 valence electrons. The lowest BCUT2D eigenvalue weighted by Crippen LogP contribution is -1.94. The maximum Gasteiger partial charge on any atom is 0.109 e. The van der Waals surface area contributed by atoms with Crippen molar-refractivity contribution in [3.8, 4) is 11.8 Å². The lowest BCUT2D eigenvalue weighted by atomic mass is 9.66. The van der Waals surface area contributed by atoms with Gasteiger partial charge >= 0.3 is 0 Å². The fraction of sp³-hybridized carbons (Fsp3) is 0.667. The lowest BCUT2D eigenvalue weighted by molar-refractivity contribution is 0.556. The summed E-state index contributed by atoms with van der Waals surface area (Å²) in [4.78, 5) is 0. The third-order valence-electron chi connectivity index (χ3n) is 3.43. The molecule has 0 atom stereocenters. The minimum atomic E-state index is 0.778. The monoisotopic (exact) mass is 297 g/mol. The smallest absolute Gasteiger partial charge is 0.109 e. The summed E-state index contributed by atoms with van der Waals surface area (Å²) in [6.45, 7) is 11.0. The molecule has 0 heterocycles. The van der Waals surface area contributed by atoms with Crippen molar-refractivity contribution >= 4 is 7.28 Å². The molecule has 0 aliphatic carbocycles. The molecule has 0 nitrogen and oxygen atoms in total. The molecule has 22 heavy (non-hydrogen) atoms. The Balaban J connectivity index is 4.11. The van der Waals surface area contributed by atoms with Crippen LogP contribution >= 0.6 is 0 Å². The van der Waals surface area contributed by atoms with Crippen molar-refractivity contribution in [1.82, 2.24) is 0 Å². The summed E-state index contributed by atoms with van der Waals surface area (Å²) in [5.74, 6) is 7.57. The highest BCUT2D eigenvalue weighted by Gasteiger charge is 1.97. The average molecular weight is 297 g/mol. The van der Waals surface area contributed by atoms with Crippen LogP contribution < -0.4 is 0 Å². The summed E-state index contributed by atoms with van der Waals surface area (Å²) in [6.07, 6.45) is 14.7. The number of hydrogen-bond donors (Lipinski definition) is 0. The van der Waals surface area contributed by atoms with Crippen molar-refractivity contribution in [2.75, 3.05) is 0 Å². The van der Waals surface area contributed by atoms with Crippen LogP contribution in [0, 0.1) is 23.7 Å². The fourth-order valence-electron chi connectivity index (χ4n) is 2.13. The Bertz CT molecular complexity index is 409. The first-order chi connectivity index (χ1) is 10.6. The zero-order valence-electron chi connectivity index (χ0n) is 15.4. The van der Waals surface area contributed by atoms with Crippen LogP contribution in [0.5, 0.6) is 0 Å². The molecule has 0 rings (SSSR count). The molecule has 0 amide bonds. The summed E-state index contributed by atoms with van der Waals surface area (Å²) in [5, 5.41) is 0. The van der Waals surface area contributed by atoms with E-state index in [4.69, 9.17) is 0 Å². The van der Waals surface area contributed by atoms with Crippen LogP contribution in [0.4, 0.5) is 0 Å². The summed E-state index contributed by atoms with van der Waals surface area (Å²) in [6, 6.07) is 0. The molecule has 0 fully saturated rings. The fourth-order valence-corrected chi connectivity index (χ4v) is 2.13. The van der Waals surface area contributed by atoms with E-state index >= 15 is 0 Å². The minimum absolute atomic E-state index is 0.778. The van der Waals surface area contributed by atoms with Gasteiger partial charge < -0.3 is 0 Å². The Kier molecular flexibility index (Phi) is 14.1. The largest absolute Gasteiger partial charge is 0.125 e. The Morgan fingerprint density at radius 3 is 2.50 bits per heavy atom. The van der Waals surface area contributed by atoms with E-state index in [0.29, 0.717) is 0 Å². The molecule has 1 radical (unpaired) electrons. The Morgan fingerprint density at radius 1 is 1.09 bits per heavy atom. The van der Waals surface area contributed by atoms with Gasteiger partial charge in [-0.1, -0.05) is 65.0 Å². The molecule has 0 aliphatic heterocycles. The van der Waals surface area contributed by atoms with Gasteiger partial charge in [0.05, 0.1) is 0 Å². The van der Waals surface area contributed by atoms with Gasteiger partial charge in [-0.3, -0.25) is 0 Å². The molecule has 0 bridgehead atoms. The van der Waals surface area contributed by atoms with Gasteiger partial charge in [-0.2, -0.15) is 0 Å². The van der Waals surface area contributed by atoms with Gasteiger partial charge in [-0.05, 0) is 55.9 Å². The predicted molar refractivity (Wildman–Crippen MR) is 102 cm³/mol. The zero-order chi connectivity index (χ0) is 16.6. The topological polar surface area (TPSA) is 0 Å². The number of hydrogen-bond acceptors (Lipinski definition) is 0. The van der Waals surface area contributed by atoms with Gasteiger partial charge in [-0.25, -0.2) is 0 Å². The van der Waals surface area contributed by atoms with Crippen LogP contribution in [0.25, 0.3) is 0 Å². The first-order valence-corrected chi connectivity index (χ1v) is 8.90. The predicted octanol–water partition coefficient (Wildman–Crippen LogP) is 6.45. The van der Waals surface area contributed by atoms with Crippen molar-refractivity contribution in [3.05, 3.63) is 29.5 Å². The minimum Gasteiger partial charge on any atom is -0.125 e. The van der Waals surface area contributed by atoms with Crippen LogP contribution in [0.3, 0.4) is 0 Å². The average Bonchev–Trinajstić information content (AvgIpc) is 2.46. The molecule has 0 unspecified atom stereocenters. The molecule has 1 heteroatoms. The van der Waals surface area contributed by atoms with Crippen molar-refractivity contribution < 1.29 is 0 Å². The summed E-state index contributed by atoms with van der Waals surface area (Å²) in [7, 11) is 2.41. The Morgan fingerprint density at radius 2 is 1.86 bits per heavy atom. The normalized spacial score (nSPS) is 11.0. The molecule has 0 spiro atoms. The Labute approximate surface area is 140 Å². The molecule has 0 saturated carbocycles. The van der Waals surface area contributed by atoms with E-state index in [-0.39, 0.29) is 0 Å². The van der Waals surface area contributed by atoms with Gasteiger partial charge in [-0.15, -0.1) is 11.7 Å². The number of unbranched alkanes of at least 4 members (excludes halogenated alkanes) is 1. The maximum absolute atomic E-state index is 3.33. The molecular weight excluding hydrogens is 263 g/mol. The molecule has 0 N–H and O–H groups in total. The first kappa shape index (κ1) is 20.9. The third kappa shape index (κ3) is 15.3. The molecule has 0 saturated heterocycles. The molecule has 0 aromatic heterocycles. The van der Waals surface area contributed by atoms with Crippen LogP contribution in [-0.2, 0) is 0 Å². The second-order valence-corrected chi connectivity index (χ2v) is 6.76. The second kappa shape index (κ2) is 14.8. The van der Waals surface area contributed by atoms with Crippen LogP contribution in [-0.4, -0.2) is 7.28 Å². The quantitative estimate of drug-likeness (QED) is 0.135. The van der Waals surface area contributed by atoms with Gasteiger partial charge in [0, 0.05) is 0 Å². The molecule has 0 aliphatic rings. The highest BCUT2D eigenvalue weighted by molar-refractivity contribution is 6.35. The van der Waals surface area contributed by atoms with Crippen LogP contribution in [0.1, 0.15) is 66.7 Å². The van der Waals surface area contributed by atoms with Crippen LogP contribution in [0.2, 0.25) is 12.6 Å². The van der Waals surface area contributed by atoms with E-state index < -0.39 is 0 Å². The van der Waals surface area contributed by atoms with Gasteiger partial charge in [0.15, 0.2) is 0 Å². The number of allylic oxidation sites excluding steroid dienone is 3. The SMILES string of the molecule is CC#C/C=C(\C=C=CCCC[B]CC(C)C)CCCC(C)C. The summed E-state index contributed by atoms with van der Waals surface area (Å²) < 4.78 is 0. The standard InChI is InChI=1S/C21H34B/c1-6-7-14-21(16-12-13-19(2)3)15-10-8-9-11-17-22-18-20(4)5/h8,14-15,19-20H,9,11-13,16-18H2,1-5H3/b21-14+. The Hall–Kier alpha value is -1.12. The lowest BCUT2D eigenvalue weighted by Gasteiger charge is -2.03. The molecular formula is C21H34B. The van der Waals surface area contributed by atoms with E-state index in [1.807, 2.05) is 13.0 Å². The van der Waals surface area contributed by atoms with Crippen LogP contribution in [0.15, 0.2) is 29.5 Å².